The van der Waals surface area contributed by atoms with Gasteiger partial charge in [-0.1, -0.05) is 0 Å². The predicted octanol–water partition coefficient (Wildman–Crippen LogP) is 0.403. The third-order valence-corrected chi connectivity index (χ3v) is 3.71. The molecule has 0 N–H and O–H groups in total. The molecule has 2 radical (unpaired) electrons. The fourth-order valence-corrected chi connectivity index (χ4v) is 2.05. The Labute approximate surface area is 89.2 Å². The molecule has 0 aliphatic carbocycles. The Morgan fingerprint density at radius 2 is 2.23 bits per heavy atom. The van der Waals surface area contributed by atoms with E-state index < -0.39 is 0 Å². The fraction of sp³-hybridized carbons (Fsp3) is 0.889. The van der Waals surface area contributed by atoms with E-state index in [9.17, 15) is 4.79 Å². The van der Waals surface area contributed by atoms with Gasteiger partial charge in [-0.05, 0) is 0 Å². The van der Waals surface area contributed by atoms with Crippen molar-refractivity contribution in [3.63, 3.8) is 0 Å². The van der Waals surface area contributed by atoms with Gasteiger partial charge in [0.2, 0.25) is 0 Å². The van der Waals surface area contributed by atoms with Crippen LogP contribution < -0.4 is 0 Å². The Morgan fingerprint density at radius 3 is 2.85 bits per heavy atom. The van der Waals surface area contributed by atoms with Crippen molar-refractivity contribution in [3.05, 3.63) is 0 Å². The van der Waals surface area contributed by atoms with Crippen LogP contribution in [0.2, 0.25) is 0 Å². The molecule has 0 spiro atoms. The van der Waals surface area contributed by atoms with Gasteiger partial charge in [0.15, 0.2) is 0 Å². The molecule has 1 unspecified atom stereocenters. The summed E-state index contributed by atoms with van der Waals surface area (Å²) in [5.74, 6) is 0.287. The van der Waals surface area contributed by atoms with E-state index in [1.807, 2.05) is 11.8 Å². The van der Waals surface area contributed by atoms with Gasteiger partial charge in [-0.25, -0.2) is 0 Å². The van der Waals surface area contributed by atoms with Crippen LogP contribution in [-0.4, -0.2) is 57.4 Å². The summed E-state index contributed by atoms with van der Waals surface area (Å²) in [6.07, 6.45) is 1.72. The molecule has 1 saturated heterocycles. The third-order valence-electron chi connectivity index (χ3n) is 2.46. The second kappa shape index (κ2) is 5.02. The molecule has 1 rings (SSSR count). The summed E-state index contributed by atoms with van der Waals surface area (Å²) in [6.45, 7) is 6.97. The molecule has 4 heteroatoms. The minimum absolute atomic E-state index is 0.287. The number of hydrogen-bond acceptors (Lipinski definition) is 2. The van der Waals surface area contributed by atoms with Gasteiger partial charge in [-0.3, -0.25) is 0 Å². The van der Waals surface area contributed by atoms with Crippen LogP contribution in [0.3, 0.4) is 0 Å². The molecule has 1 fully saturated rings. The van der Waals surface area contributed by atoms with Gasteiger partial charge < -0.3 is 0 Å². The molecule has 13 heavy (non-hydrogen) atoms. The second-order valence-corrected chi connectivity index (χ2v) is 4.64. The first-order chi connectivity index (χ1) is 6.15. The standard InChI is InChI=1S/C9H17AsN2O/c1-3-9(13)11-5-4-6-12(10)8(2)7-11/h8H,3-7H2,1-2H3. The first-order valence-electron chi connectivity index (χ1n) is 4.88. The van der Waals surface area contributed by atoms with Crippen molar-refractivity contribution in [3.8, 4) is 0 Å². The summed E-state index contributed by atoms with van der Waals surface area (Å²) in [4.78, 5) is 13.5. The molecule has 0 saturated carbocycles. The summed E-state index contributed by atoms with van der Waals surface area (Å²) in [5.41, 5.74) is 0. The monoisotopic (exact) mass is 244 g/mol. The quantitative estimate of drug-likeness (QED) is 0.623. The predicted molar refractivity (Wildman–Crippen MR) is 53.4 cm³/mol. The Bertz CT molecular complexity index is 186. The summed E-state index contributed by atoms with van der Waals surface area (Å²) in [5, 5.41) is 0. The van der Waals surface area contributed by atoms with Gasteiger partial charge in [0.1, 0.15) is 0 Å². The maximum absolute atomic E-state index is 11.5. The van der Waals surface area contributed by atoms with E-state index in [-0.39, 0.29) is 5.91 Å². The summed E-state index contributed by atoms with van der Waals surface area (Å²) in [7, 11) is 0. The van der Waals surface area contributed by atoms with Crippen LogP contribution in [-0.2, 0) is 4.79 Å². The first kappa shape index (κ1) is 11.1. The van der Waals surface area contributed by atoms with E-state index in [1.165, 1.54) is 0 Å². The van der Waals surface area contributed by atoms with Crippen molar-refractivity contribution in [2.24, 2.45) is 0 Å². The van der Waals surface area contributed by atoms with Gasteiger partial charge in [0, 0.05) is 0 Å². The summed E-state index contributed by atoms with van der Waals surface area (Å²) < 4.78 is 2.26. The van der Waals surface area contributed by atoms with Gasteiger partial charge in [-0.15, -0.1) is 0 Å². The molecule has 1 amide bonds. The van der Waals surface area contributed by atoms with E-state index in [4.69, 9.17) is 0 Å². The summed E-state index contributed by atoms with van der Waals surface area (Å²) in [6, 6.07) is 0.470. The SMILES string of the molecule is CCC(=O)N1CCCN([As])C(C)C1. The zero-order valence-electron chi connectivity index (χ0n) is 8.36. The zero-order valence-corrected chi connectivity index (χ0v) is 10.2. The molecule has 0 aromatic heterocycles. The Hall–Kier alpha value is -0.0116. The second-order valence-electron chi connectivity index (χ2n) is 3.56. The number of amides is 1. The van der Waals surface area contributed by atoms with Crippen molar-refractivity contribution in [1.82, 2.24) is 8.72 Å². The molecule has 3 nitrogen and oxygen atoms in total. The van der Waals surface area contributed by atoms with Crippen molar-refractivity contribution >= 4 is 23.0 Å². The Morgan fingerprint density at radius 1 is 1.54 bits per heavy atom. The van der Waals surface area contributed by atoms with Crippen LogP contribution in [0.1, 0.15) is 26.7 Å². The molecule has 1 aliphatic heterocycles. The van der Waals surface area contributed by atoms with Gasteiger partial charge in [0.05, 0.1) is 0 Å². The average molecular weight is 244 g/mol. The van der Waals surface area contributed by atoms with Gasteiger partial charge in [-0.2, -0.15) is 0 Å². The van der Waals surface area contributed by atoms with Crippen LogP contribution >= 0.6 is 0 Å². The Balaban J connectivity index is 2.53. The van der Waals surface area contributed by atoms with Crippen LogP contribution in [0.5, 0.6) is 0 Å². The van der Waals surface area contributed by atoms with E-state index in [2.05, 4.69) is 27.8 Å². The molecule has 0 bridgehead atoms. The van der Waals surface area contributed by atoms with Crippen LogP contribution in [0.25, 0.3) is 0 Å². The van der Waals surface area contributed by atoms with E-state index in [1.54, 1.807) is 0 Å². The zero-order chi connectivity index (χ0) is 9.84. The van der Waals surface area contributed by atoms with Crippen LogP contribution in [0.15, 0.2) is 0 Å². The molecule has 1 aliphatic rings. The van der Waals surface area contributed by atoms with E-state index >= 15 is 0 Å². The number of hydrogen-bond donors (Lipinski definition) is 0. The third kappa shape index (κ3) is 2.99. The van der Waals surface area contributed by atoms with Crippen LogP contribution in [0, 0.1) is 0 Å². The maximum atomic E-state index is 11.5. The molecule has 74 valence electrons. The van der Waals surface area contributed by atoms with Crippen molar-refractivity contribution in [1.29, 1.82) is 0 Å². The summed E-state index contributed by atoms with van der Waals surface area (Å²) >= 11 is 2.59. The molecular weight excluding hydrogens is 227 g/mol. The minimum atomic E-state index is 0.287. The average Bonchev–Trinajstić information content (AvgIpc) is 2.28. The first-order valence-corrected chi connectivity index (χ1v) is 5.72. The number of carbonyl (C=O) groups is 1. The Kier molecular flexibility index (Phi) is 4.27. The number of rotatable bonds is 1. The van der Waals surface area contributed by atoms with E-state index in [0.717, 1.165) is 26.1 Å². The molecule has 1 atom stereocenters. The van der Waals surface area contributed by atoms with Crippen molar-refractivity contribution in [2.75, 3.05) is 19.6 Å². The molecule has 1 heterocycles. The molecular formula is C9H17AsN2O. The fourth-order valence-electron chi connectivity index (χ4n) is 1.60. The normalized spacial score (nSPS) is 25.8. The molecule has 0 aromatic rings. The number of nitrogens with zero attached hydrogens (tertiary/aromatic N) is 2. The molecule has 0 aromatic carbocycles. The van der Waals surface area contributed by atoms with Gasteiger partial charge >= 0.3 is 88.9 Å². The van der Waals surface area contributed by atoms with Gasteiger partial charge in [0.25, 0.3) is 0 Å². The van der Waals surface area contributed by atoms with E-state index in [0.29, 0.717) is 12.5 Å². The number of carbonyl (C=O) groups excluding carboxylic acids is 1. The van der Waals surface area contributed by atoms with Crippen LogP contribution in [0.4, 0.5) is 0 Å². The van der Waals surface area contributed by atoms with Crippen molar-refractivity contribution < 1.29 is 4.79 Å². The van der Waals surface area contributed by atoms with Crippen molar-refractivity contribution in [2.45, 2.75) is 32.7 Å². The topological polar surface area (TPSA) is 23.6 Å².